The summed E-state index contributed by atoms with van der Waals surface area (Å²) in [5.41, 5.74) is 0.771. The Morgan fingerprint density at radius 1 is 1.17 bits per heavy atom. The Kier molecular flexibility index (Phi) is 3.44. The molecule has 0 aliphatic rings. The van der Waals surface area contributed by atoms with Gasteiger partial charge in [0.25, 0.3) is 0 Å². The summed E-state index contributed by atoms with van der Waals surface area (Å²) in [6, 6.07) is 0. The molecule has 0 N–H and O–H groups in total. The molecule has 0 aliphatic heterocycles. The van der Waals surface area contributed by atoms with Gasteiger partial charge in [-0.1, -0.05) is 12.2 Å². The van der Waals surface area contributed by atoms with Crippen LogP contribution in [0.5, 0.6) is 0 Å². The largest absolute Gasteiger partial charge is 0.299 e. The normalized spacial score (nSPS) is 11.0. The maximum absolute atomic E-state index is 9.87. The molecule has 0 bridgehead atoms. The molecular formula is C9H8N2O. The van der Waals surface area contributed by atoms with Crippen LogP contribution in [0, 0.1) is 0 Å². The van der Waals surface area contributed by atoms with Crippen molar-refractivity contribution < 1.29 is 4.79 Å². The van der Waals surface area contributed by atoms with Gasteiger partial charge < -0.3 is 0 Å². The number of allylic oxidation sites excluding steroid dienone is 3. The first-order chi connectivity index (χ1) is 5.93. The van der Waals surface area contributed by atoms with Crippen molar-refractivity contribution in [2.75, 3.05) is 0 Å². The quantitative estimate of drug-likeness (QED) is 0.379. The van der Waals surface area contributed by atoms with E-state index in [1.807, 2.05) is 0 Å². The molecule has 0 aromatic carbocycles. The van der Waals surface area contributed by atoms with E-state index >= 15 is 0 Å². The summed E-state index contributed by atoms with van der Waals surface area (Å²) in [7, 11) is 0. The fourth-order valence-electron chi connectivity index (χ4n) is 0.660. The lowest BCUT2D eigenvalue weighted by Gasteiger charge is -1.86. The molecule has 0 fully saturated rings. The molecule has 3 nitrogen and oxygen atoms in total. The molecular weight excluding hydrogens is 152 g/mol. The number of aromatic nitrogens is 2. The second-order valence-corrected chi connectivity index (χ2v) is 2.01. The summed E-state index contributed by atoms with van der Waals surface area (Å²) in [5.74, 6) is 0. The molecule has 0 aliphatic carbocycles. The first kappa shape index (κ1) is 8.33. The zero-order valence-corrected chi connectivity index (χ0v) is 6.42. The predicted molar refractivity (Wildman–Crippen MR) is 46.3 cm³/mol. The van der Waals surface area contributed by atoms with Gasteiger partial charge in [0.1, 0.15) is 6.29 Å². The van der Waals surface area contributed by atoms with E-state index < -0.39 is 0 Å². The molecule has 0 atom stereocenters. The van der Waals surface area contributed by atoms with E-state index in [0.29, 0.717) is 0 Å². The Balaban J connectivity index is 2.58. The molecule has 0 radical (unpaired) electrons. The first-order valence-electron chi connectivity index (χ1n) is 3.48. The molecule has 0 saturated heterocycles. The summed E-state index contributed by atoms with van der Waals surface area (Å²) in [6.45, 7) is 0. The van der Waals surface area contributed by atoms with Gasteiger partial charge in [-0.05, 0) is 12.2 Å². The highest BCUT2D eigenvalue weighted by molar-refractivity contribution is 5.65. The van der Waals surface area contributed by atoms with Crippen molar-refractivity contribution in [3.63, 3.8) is 0 Å². The van der Waals surface area contributed by atoms with Gasteiger partial charge in [0.2, 0.25) is 0 Å². The van der Waals surface area contributed by atoms with Crippen LogP contribution in [-0.4, -0.2) is 16.3 Å². The number of hydrogen-bond acceptors (Lipinski definition) is 3. The second-order valence-electron chi connectivity index (χ2n) is 2.01. The molecule has 1 rings (SSSR count). The van der Waals surface area contributed by atoms with Gasteiger partial charge in [-0.15, -0.1) is 0 Å². The van der Waals surface area contributed by atoms with Crippen LogP contribution in [0.2, 0.25) is 0 Å². The molecule has 1 aromatic heterocycles. The first-order valence-corrected chi connectivity index (χ1v) is 3.48. The Bertz CT molecular complexity index is 291. The van der Waals surface area contributed by atoms with Crippen molar-refractivity contribution in [1.82, 2.24) is 9.97 Å². The van der Waals surface area contributed by atoms with E-state index in [0.717, 1.165) is 12.0 Å². The monoisotopic (exact) mass is 160 g/mol. The number of nitrogens with zero attached hydrogens (tertiary/aromatic N) is 2. The third kappa shape index (κ3) is 2.88. The lowest BCUT2D eigenvalue weighted by Crippen LogP contribution is -1.79. The highest BCUT2D eigenvalue weighted by atomic mass is 16.1. The summed E-state index contributed by atoms with van der Waals surface area (Å²) in [6.07, 6.45) is 12.1. The van der Waals surface area contributed by atoms with E-state index in [4.69, 9.17) is 0 Å². The Labute approximate surface area is 70.5 Å². The van der Waals surface area contributed by atoms with Crippen LogP contribution < -0.4 is 0 Å². The third-order valence-electron chi connectivity index (χ3n) is 1.15. The highest BCUT2D eigenvalue weighted by Crippen LogP contribution is 1.93. The Hall–Kier alpha value is -1.77. The van der Waals surface area contributed by atoms with E-state index in [1.165, 1.54) is 6.08 Å². The van der Waals surface area contributed by atoms with Crippen molar-refractivity contribution in [2.24, 2.45) is 0 Å². The molecule has 0 spiro atoms. The average Bonchev–Trinajstić information content (AvgIpc) is 2.14. The predicted octanol–water partition coefficient (Wildman–Crippen LogP) is 1.24. The van der Waals surface area contributed by atoms with Crippen LogP contribution >= 0.6 is 0 Å². The number of carbonyl (C=O) groups excluding carboxylic acids is 1. The van der Waals surface area contributed by atoms with Crippen LogP contribution in [0.4, 0.5) is 0 Å². The minimum absolute atomic E-state index is 0.723. The minimum Gasteiger partial charge on any atom is -0.299 e. The van der Waals surface area contributed by atoms with Gasteiger partial charge in [-0.2, -0.15) is 0 Å². The molecule has 0 saturated carbocycles. The van der Waals surface area contributed by atoms with Gasteiger partial charge in [0.15, 0.2) is 0 Å². The lowest BCUT2D eigenvalue weighted by molar-refractivity contribution is -0.104. The fraction of sp³-hybridized carbons (Fsp3) is 0. The van der Waals surface area contributed by atoms with Crippen LogP contribution in [0.15, 0.2) is 36.8 Å². The Morgan fingerprint density at radius 3 is 2.75 bits per heavy atom. The smallest absolute Gasteiger partial charge is 0.142 e. The standard InChI is InChI=1S/C9H8N2O/c12-7-3-1-2-4-9-8-10-5-6-11-9/h1-8H/b3-1+,4-2+. The van der Waals surface area contributed by atoms with Crippen molar-refractivity contribution in [1.29, 1.82) is 0 Å². The van der Waals surface area contributed by atoms with E-state index in [2.05, 4.69) is 9.97 Å². The minimum atomic E-state index is 0.723. The second kappa shape index (κ2) is 4.96. The summed E-state index contributed by atoms with van der Waals surface area (Å²) in [4.78, 5) is 17.7. The van der Waals surface area contributed by atoms with Crippen molar-refractivity contribution in [2.45, 2.75) is 0 Å². The topological polar surface area (TPSA) is 42.9 Å². The van der Waals surface area contributed by atoms with Gasteiger partial charge in [-0.25, -0.2) is 0 Å². The van der Waals surface area contributed by atoms with E-state index in [-0.39, 0.29) is 0 Å². The van der Waals surface area contributed by atoms with Crippen LogP contribution in [0.3, 0.4) is 0 Å². The highest BCUT2D eigenvalue weighted by Gasteiger charge is 1.81. The molecule has 0 amide bonds. The molecule has 0 unspecified atom stereocenters. The van der Waals surface area contributed by atoms with Gasteiger partial charge in [0.05, 0.1) is 11.9 Å². The van der Waals surface area contributed by atoms with Gasteiger partial charge in [-0.3, -0.25) is 14.8 Å². The van der Waals surface area contributed by atoms with Crippen molar-refractivity contribution >= 4 is 12.4 Å². The average molecular weight is 160 g/mol. The van der Waals surface area contributed by atoms with Crippen LogP contribution in [0.1, 0.15) is 5.69 Å². The summed E-state index contributed by atoms with van der Waals surface area (Å²) >= 11 is 0. The number of hydrogen-bond donors (Lipinski definition) is 0. The Morgan fingerprint density at radius 2 is 2.08 bits per heavy atom. The van der Waals surface area contributed by atoms with Gasteiger partial charge in [0, 0.05) is 12.4 Å². The van der Waals surface area contributed by atoms with Crippen LogP contribution in [-0.2, 0) is 4.79 Å². The van der Waals surface area contributed by atoms with E-state index in [1.54, 1.807) is 36.8 Å². The third-order valence-corrected chi connectivity index (χ3v) is 1.15. The van der Waals surface area contributed by atoms with Crippen LogP contribution in [0.25, 0.3) is 6.08 Å². The summed E-state index contributed by atoms with van der Waals surface area (Å²) < 4.78 is 0. The zero-order valence-electron chi connectivity index (χ0n) is 6.42. The number of aldehydes is 1. The SMILES string of the molecule is O=C/C=C/C=C/c1cnccn1. The maximum atomic E-state index is 9.87. The maximum Gasteiger partial charge on any atom is 0.142 e. The summed E-state index contributed by atoms with van der Waals surface area (Å²) in [5, 5.41) is 0. The molecule has 12 heavy (non-hydrogen) atoms. The molecule has 1 heterocycles. The number of carbonyl (C=O) groups is 1. The van der Waals surface area contributed by atoms with Crippen molar-refractivity contribution in [3.8, 4) is 0 Å². The molecule has 1 aromatic rings. The molecule has 60 valence electrons. The van der Waals surface area contributed by atoms with E-state index in [9.17, 15) is 4.79 Å². The molecule has 3 heteroatoms. The zero-order chi connectivity index (χ0) is 8.65. The fourth-order valence-corrected chi connectivity index (χ4v) is 0.660. The lowest BCUT2D eigenvalue weighted by atomic mass is 10.4. The van der Waals surface area contributed by atoms with Gasteiger partial charge >= 0.3 is 0 Å². The van der Waals surface area contributed by atoms with Crippen molar-refractivity contribution in [3.05, 3.63) is 42.5 Å². The number of rotatable bonds is 3.